The van der Waals surface area contributed by atoms with Crippen LogP contribution in [-0.4, -0.2) is 25.6 Å². The molecule has 0 aromatic heterocycles. The first kappa shape index (κ1) is 14.5. The molecule has 0 spiro atoms. The van der Waals surface area contributed by atoms with Gasteiger partial charge in [0.1, 0.15) is 0 Å². The van der Waals surface area contributed by atoms with E-state index in [0.29, 0.717) is 6.54 Å². The van der Waals surface area contributed by atoms with Crippen LogP contribution >= 0.6 is 0 Å². The van der Waals surface area contributed by atoms with E-state index in [4.69, 9.17) is 11.4 Å². The highest BCUT2D eigenvalue weighted by molar-refractivity contribution is 5.80. The minimum Gasteiger partial charge on any atom is -0.357 e. The highest BCUT2D eigenvalue weighted by Gasteiger charge is 2.44. The van der Waals surface area contributed by atoms with Crippen LogP contribution in [0, 0.1) is 19.3 Å². The number of nitrogens with one attached hydrogen (secondary N) is 2. The molecule has 0 unspecified atom stereocenters. The molecule has 0 heterocycles. The Kier molecular flexibility index (Phi) is 4.68. The Morgan fingerprint density at radius 2 is 2.10 bits per heavy atom. The molecule has 1 aliphatic carbocycles. The molecule has 0 radical (unpaired) electrons. The van der Waals surface area contributed by atoms with Crippen molar-refractivity contribution < 1.29 is 0 Å². The van der Waals surface area contributed by atoms with Crippen LogP contribution in [0.15, 0.2) is 29.3 Å². The van der Waals surface area contributed by atoms with Crippen molar-refractivity contribution in [1.29, 1.82) is 0 Å². The number of aliphatic imine (C=N–C) groups is 1. The number of guanidine groups is 1. The average Bonchev–Trinajstić information content (AvgIpc) is 3.23. The molecule has 1 fully saturated rings. The molecule has 1 saturated carbocycles. The summed E-state index contributed by atoms with van der Waals surface area (Å²) >= 11 is 0. The van der Waals surface area contributed by atoms with E-state index >= 15 is 0 Å². The molecule has 106 valence electrons. The van der Waals surface area contributed by atoms with Crippen LogP contribution in [0.4, 0.5) is 0 Å². The Labute approximate surface area is 121 Å². The maximum Gasteiger partial charge on any atom is 0.192 e. The lowest BCUT2D eigenvalue weighted by Crippen LogP contribution is -2.38. The van der Waals surface area contributed by atoms with Gasteiger partial charge in [0.25, 0.3) is 0 Å². The van der Waals surface area contributed by atoms with Crippen LogP contribution in [0.5, 0.6) is 0 Å². The van der Waals surface area contributed by atoms with Crippen molar-refractivity contribution in [3.8, 4) is 12.3 Å². The number of benzene rings is 1. The van der Waals surface area contributed by atoms with Crippen molar-refractivity contribution in [2.75, 3.05) is 19.6 Å². The van der Waals surface area contributed by atoms with E-state index in [1.807, 2.05) is 0 Å². The molecule has 1 aliphatic rings. The Balaban J connectivity index is 2.08. The van der Waals surface area contributed by atoms with Gasteiger partial charge < -0.3 is 10.6 Å². The number of hydrogen-bond acceptors (Lipinski definition) is 1. The van der Waals surface area contributed by atoms with Crippen molar-refractivity contribution in [3.63, 3.8) is 0 Å². The van der Waals surface area contributed by atoms with Crippen molar-refractivity contribution in [2.45, 2.75) is 32.1 Å². The van der Waals surface area contributed by atoms with Crippen molar-refractivity contribution >= 4 is 5.96 Å². The van der Waals surface area contributed by atoms with E-state index in [2.05, 4.69) is 54.7 Å². The third-order valence-electron chi connectivity index (χ3n) is 3.81. The fraction of sp³-hybridized carbons (Fsp3) is 0.471. The summed E-state index contributed by atoms with van der Waals surface area (Å²) in [5.41, 5.74) is 3.04. The predicted octanol–water partition coefficient (Wildman–Crippen LogP) is 2.21. The van der Waals surface area contributed by atoms with Gasteiger partial charge in [0.2, 0.25) is 0 Å². The Bertz CT molecular complexity index is 521. The van der Waals surface area contributed by atoms with E-state index in [1.54, 1.807) is 0 Å². The first-order valence-electron chi connectivity index (χ1n) is 7.23. The minimum atomic E-state index is 0.240. The van der Waals surface area contributed by atoms with Crippen molar-refractivity contribution in [2.24, 2.45) is 4.99 Å². The molecule has 0 atom stereocenters. The highest BCUT2D eigenvalue weighted by Crippen LogP contribution is 2.49. The van der Waals surface area contributed by atoms with E-state index in [9.17, 15) is 0 Å². The summed E-state index contributed by atoms with van der Waals surface area (Å²) < 4.78 is 0. The fourth-order valence-corrected chi connectivity index (χ4v) is 2.54. The zero-order valence-corrected chi connectivity index (χ0v) is 12.4. The maximum absolute atomic E-state index is 5.28. The molecule has 0 aliphatic heterocycles. The van der Waals surface area contributed by atoms with Crippen molar-refractivity contribution in [3.05, 3.63) is 35.4 Å². The van der Waals surface area contributed by atoms with E-state index in [0.717, 1.165) is 19.0 Å². The molecule has 2 N–H and O–H groups in total. The largest absolute Gasteiger partial charge is 0.357 e. The smallest absolute Gasteiger partial charge is 0.192 e. The van der Waals surface area contributed by atoms with Gasteiger partial charge in [-0.15, -0.1) is 6.42 Å². The van der Waals surface area contributed by atoms with Gasteiger partial charge in [0, 0.05) is 12.0 Å². The van der Waals surface area contributed by atoms with Crippen LogP contribution in [0.2, 0.25) is 0 Å². The summed E-state index contributed by atoms with van der Waals surface area (Å²) in [6, 6.07) is 8.63. The summed E-state index contributed by atoms with van der Waals surface area (Å²) in [4.78, 5) is 4.70. The SMILES string of the molecule is C#CCNC(=NCC1(c2ccccc2C)CC1)NCC. The minimum absolute atomic E-state index is 0.240. The summed E-state index contributed by atoms with van der Waals surface area (Å²) in [7, 11) is 0. The lowest BCUT2D eigenvalue weighted by molar-refractivity contribution is 0.691. The van der Waals surface area contributed by atoms with Gasteiger partial charge in [0.15, 0.2) is 5.96 Å². The summed E-state index contributed by atoms with van der Waals surface area (Å²) in [5, 5.41) is 6.37. The van der Waals surface area contributed by atoms with Crippen LogP contribution in [-0.2, 0) is 5.41 Å². The molecule has 3 nitrogen and oxygen atoms in total. The first-order chi connectivity index (χ1) is 9.72. The predicted molar refractivity (Wildman–Crippen MR) is 84.9 cm³/mol. The topological polar surface area (TPSA) is 36.4 Å². The van der Waals surface area contributed by atoms with Gasteiger partial charge in [-0.25, -0.2) is 0 Å². The number of nitrogens with zero attached hydrogens (tertiary/aromatic N) is 1. The average molecular weight is 269 g/mol. The third-order valence-corrected chi connectivity index (χ3v) is 3.81. The molecular formula is C17H23N3. The number of rotatable bonds is 5. The molecule has 20 heavy (non-hydrogen) atoms. The highest BCUT2D eigenvalue weighted by atomic mass is 15.2. The molecule has 3 heteroatoms. The van der Waals surface area contributed by atoms with Gasteiger partial charge in [-0.2, -0.15) is 0 Å². The molecule has 0 amide bonds. The van der Waals surface area contributed by atoms with E-state index in [-0.39, 0.29) is 5.41 Å². The molecule has 1 aromatic rings. The monoisotopic (exact) mass is 269 g/mol. The van der Waals surface area contributed by atoms with Gasteiger partial charge in [0.05, 0.1) is 13.1 Å². The molecule has 1 aromatic carbocycles. The Morgan fingerprint density at radius 1 is 1.35 bits per heavy atom. The lowest BCUT2D eigenvalue weighted by Gasteiger charge is -2.17. The van der Waals surface area contributed by atoms with Crippen LogP contribution in [0.1, 0.15) is 30.9 Å². The second-order valence-corrected chi connectivity index (χ2v) is 5.35. The summed E-state index contributed by atoms with van der Waals surface area (Å²) in [5.74, 6) is 3.39. The fourth-order valence-electron chi connectivity index (χ4n) is 2.54. The number of terminal acetylenes is 1. The number of hydrogen-bond donors (Lipinski definition) is 2. The van der Waals surface area contributed by atoms with Gasteiger partial charge in [-0.05, 0) is 37.8 Å². The Morgan fingerprint density at radius 3 is 2.70 bits per heavy atom. The first-order valence-corrected chi connectivity index (χ1v) is 7.23. The van der Waals surface area contributed by atoms with Crippen LogP contribution in [0.3, 0.4) is 0 Å². The molecule has 2 rings (SSSR count). The quantitative estimate of drug-likeness (QED) is 0.488. The standard InChI is InChI=1S/C17H23N3/c1-4-12-19-16(18-5-2)20-13-17(10-11-17)15-9-7-6-8-14(15)3/h1,6-9H,5,10-13H2,2-3H3,(H2,18,19,20). The normalized spacial score (nSPS) is 16.4. The second kappa shape index (κ2) is 6.47. The lowest BCUT2D eigenvalue weighted by atomic mass is 9.92. The zero-order chi connectivity index (χ0) is 14.4. The maximum atomic E-state index is 5.28. The van der Waals surface area contributed by atoms with Gasteiger partial charge >= 0.3 is 0 Å². The van der Waals surface area contributed by atoms with E-state index < -0.39 is 0 Å². The van der Waals surface area contributed by atoms with Crippen LogP contribution < -0.4 is 10.6 Å². The zero-order valence-electron chi connectivity index (χ0n) is 12.4. The summed E-state index contributed by atoms with van der Waals surface area (Å²) in [6.07, 6.45) is 7.72. The van der Waals surface area contributed by atoms with Crippen molar-refractivity contribution in [1.82, 2.24) is 10.6 Å². The third kappa shape index (κ3) is 3.33. The van der Waals surface area contributed by atoms with Gasteiger partial charge in [-0.3, -0.25) is 4.99 Å². The van der Waals surface area contributed by atoms with Gasteiger partial charge in [-0.1, -0.05) is 30.2 Å². The molecular weight excluding hydrogens is 246 g/mol. The van der Waals surface area contributed by atoms with E-state index in [1.165, 1.54) is 24.0 Å². The Hall–Kier alpha value is -1.95. The number of aryl methyl sites for hydroxylation is 1. The van der Waals surface area contributed by atoms with Crippen LogP contribution in [0.25, 0.3) is 0 Å². The molecule has 0 saturated heterocycles. The second-order valence-electron chi connectivity index (χ2n) is 5.35. The molecule has 0 bridgehead atoms. The summed E-state index contributed by atoms with van der Waals surface area (Å²) in [6.45, 7) is 6.40.